The fraction of sp³-hybridized carbons (Fsp3) is 0.400. The quantitative estimate of drug-likeness (QED) is 0.613. The number of nitrogens with two attached hydrogens (primary N) is 1. The highest BCUT2D eigenvalue weighted by molar-refractivity contribution is 8.00. The predicted molar refractivity (Wildman–Crippen MR) is 77.4 cm³/mol. The van der Waals surface area contributed by atoms with Gasteiger partial charge in [0.25, 0.3) is 0 Å². The van der Waals surface area contributed by atoms with E-state index in [1.807, 2.05) is 10.3 Å². The van der Waals surface area contributed by atoms with Gasteiger partial charge in [-0.15, -0.1) is 11.3 Å². The van der Waals surface area contributed by atoms with Gasteiger partial charge in [-0.2, -0.15) is 15.0 Å². The van der Waals surface area contributed by atoms with Crippen LogP contribution >= 0.6 is 23.1 Å². The topological polar surface area (TPSA) is 92.9 Å². The van der Waals surface area contributed by atoms with Gasteiger partial charge < -0.3 is 4.90 Å². The van der Waals surface area contributed by atoms with Gasteiger partial charge in [-0.05, 0) is 25.6 Å². The average Bonchev–Trinajstić information content (AvgIpc) is 2.93. The number of anilines is 2. The van der Waals surface area contributed by atoms with Gasteiger partial charge in [0.1, 0.15) is 0 Å². The lowest BCUT2D eigenvalue weighted by atomic mass is 10.5. The zero-order valence-corrected chi connectivity index (χ0v) is 12.3. The molecule has 0 aromatic carbocycles. The Balaban J connectivity index is 2.30. The van der Waals surface area contributed by atoms with Crippen LogP contribution in [0.1, 0.15) is 13.8 Å². The van der Waals surface area contributed by atoms with E-state index in [-0.39, 0.29) is 0 Å². The number of hydrogen-bond donors (Lipinski definition) is 2. The molecule has 2 aromatic rings. The molecule has 9 heteroatoms. The molecule has 0 bridgehead atoms. The van der Waals surface area contributed by atoms with E-state index in [0.29, 0.717) is 17.1 Å². The third-order valence-corrected chi connectivity index (χ3v) is 4.12. The summed E-state index contributed by atoms with van der Waals surface area (Å²) in [7, 11) is 0. The van der Waals surface area contributed by atoms with Gasteiger partial charge in [0.15, 0.2) is 4.34 Å². The monoisotopic (exact) mass is 297 g/mol. The van der Waals surface area contributed by atoms with Crippen molar-refractivity contribution >= 4 is 35.0 Å². The van der Waals surface area contributed by atoms with Gasteiger partial charge in [0.05, 0.1) is 0 Å². The number of nitrogen functional groups attached to an aromatic ring is 1. The van der Waals surface area contributed by atoms with Crippen LogP contribution in [0.15, 0.2) is 21.1 Å². The number of nitrogens with zero attached hydrogens (tertiary/aromatic N) is 5. The molecule has 0 spiro atoms. The zero-order valence-electron chi connectivity index (χ0n) is 10.7. The lowest BCUT2D eigenvalue weighted by molar-refractivity contribution is 0.783. The summed E-state index contributed by atoms with van der Waals surface area (Å²) >= 11 is 2.94. The highest BCUT2D eigenvalue weighted by Crippen LogP contribution is 2.27. The molecular formula is C10H15N7S2. The average molecular weight is 297 g/mol. The van der Waals surface area contributed by atoms with Crippen molar-refractivity contribution in [3.63, 3.8) is 0 Å². The smallest absolute Gasteiger partial charge is 0.242 e. The first-order valence-electron chi connectivity index (χ1n) is 5.81. The van der Waals surface area contributed by atoms with Gasteiger partial charge in [0, 0.05) is 24.7 Å². The van der Waals surface area contributed by atoms with Crippen LogP contribution in [0.4, 0.5) is 11.9 Å². The Kier molecular flexibility index (Phi) is 4.88. The Morgan fingerprint density at radius 1 is 1.32 bits per heavy atom. The Bertz CT molecular complexity index is 513. The van der Waals surface area contributed by atoms with Crippen molar-refractivity contribution in [1.29, 1.82) is 0 Å². The van der Waals surface area contributed by atoms with Crippen LogP contribution in [-0.2, 0) is 0 Å². The van der Waals surface area contributed by atoms with E-state index in [9.17, 15) is 0 Å². The number of hydrogen-bond acceptors (Lipinski definition) is 9. The number of thiazole rings is 1. The molecule has 2 heterocycles. The molecule has 0 radical (unpaired) electrons. The summed E-state index contributed by atoms with van der Waals surface area (Å²) in [4.78, 5) is 19.2. The summed E-state index contributed by atoms with van der Waals surface area (Å²) < 4.78 is 0.889. The molecule has 0 amide bonds. The van der Waals surface area contributed by atoms with Crippen molar-refractivity contribution in [2.24, 2.45) is 5.84 Å². The van der Waals surface area contributed by atoms with Crippen LogP contribution in [0, 0.1) is 0 Å². The van der Waals surface area contributed by atoms with E-state index in [0.717, 1.165) is 17.4 Å². The third-order valence-electron chi connectivity index (χ3n) is 2.37. The SMILES string of the molecule is CCN(CC)c1nc(NN)nc(Sc2nccs2)n1. The molecule has 19 heavy (non-hydrogen) atoms. The molecule has 0 saturated heterocycles. The molecule has 0 aliphatic rings. The molecular weight excluding hydrogens is 282 g/mol. The number of aromatic nitrogens is 4. The van der Waals surface area contributed by atoms with Crippen molar-refractivity contribution < 1.29 is 0 Å². The lowest BCUT2D eigenvalue weighted by Gasteiger charge is -2.18. The minimum atomic E-state index is 0.357. The van der Waals surface area contributed by atoms with Crippen molar-refractivity contribution in [2.45, 2.75) is 23.3 Å². The largest absolute Gasteiger partial charge is 0.341 e. The van der Waals surface area contributed by atoms with Crippen LogP contribution in [0.2, 0.25) is 0 Å². The number of nitrogens with one attached hydrogen (secondary N) is 1. The standard InChI is InChI=1S/C10H15N7S2/c1-3-17(4-2)8-13-7(16-11)14-9(15-8)19-10-12-5-6-18-10/h5-6H,3-4,11H2,1-2H3,(H,13,14,15,16). The van der Waals surface area contributed by atoms with E-state index in [2.05, 4.69) is 39.2 Å². The molecule has 2 aromatic heterocycles. The van der Waals surface area contributed by atoms with Gasteiger partial charge in [0.2, 0.25) is 17.1 Å². The Morgan fingerprint density at radius 3 is 2.68 bits per heavy atom. The fourth-order valence-corrected chi connectivity index (χ4v) is 2.91. The van der Waals surface area contributed by atoms with Gasteiger partial charge in [-0.3, -0.25) is 5.43 Å². The molecule has 3 N–H and O–H groups in total. The summed E-state index contributed by atoms with van der Waals surface area (Å²) in [5.74, 6) is 6.38. The molecule has 2 rings (SSSR count). The fourth-order valence-electron chi connectivity index (χ4n) is 1.44. The van der Waals surface area contributed by atoms with Crippen molar-refractivity contribution in [1.82, 2.24) is 19.9 Å². The minimum absolute atomic E-state index is 0.357. The Hall–Kier alpha value is -1.45. The highest BCUT2D eigenvalue weighted by Gasteiger charge is 2.12. The van der Waals surface area contributed by atoms with Crippen molar-refractivity contribution in [3.05, 3.63) is 11.6 Å². The minimum Gasteiger partial charge on any atom is -0.341 e. The zero-order chi connectivity index (χ0) is 13.7. The maximum atomic E-state index is 5.40. The van der Waals surface area contributed by atoms with Crippen LogP contribution in [-0.4, -0.2) is 33.0 Å². The molecule has 0 saturated carbocycles. The van der Waals surface area contributed by atoms with Gasteiger partial charge in [-0.25, -0.2) is 10.8 Å². The van der Waals surface area contributed by atoms with Gasteiger partial charge in [-0.1, -0.05) is 0 Å². The first-order valence-corrected chi connectivity index (χ1v) is 7.51. The second-order valence-electron chi connectivity index (χ2n) is 3.46. The third kappa shape index (κ3) is 3.52. The van der Waals surface area contributed by atoms with E-state index < -0.39 is 0 Å². The molecule has 102 valence electrons. The van der Waals surface area contributed by atoms with Gasteiger partial charge >= 0.3 is 0 Å². The molecule has 0 aliphatic carbocycles. The Labute approximate surface area is 119 Å². The number of rotatable bonds is 6. The van der Waals surface area contributed by atoms with E-state index in [1.165, 1.54) is 11.8 Å². The Morgan fingerprint density at radius 2 is 2.11 bits per heavy atom. The maximum absolute atomic E-state index is 5.40. The molecule has 0 aliphatic heterocycles. The van der Waals surface area contributed by atoms with Crippen molar-refractivity contribution in [2.75, 3.05) is 23.4 Å². The van der Waals surface area contributed by atoms with Crippen molar-refractivity contribution in [3.8, 4) is 0 Å². The molecule has 0 fully saturated rings. The molecule has 0 atom stereocenters. The summed E-state index contributed by atoms with van der Waals surface area (Å²) in [5, 5.41) is 2.50. The highest BCUT2D eigenvalue weighted by atomic mass is 32.2. The second kappa shape index (κ2) is 6.64. The second-order valence-corrected chi connectivity index (χ2v) is 5.57. The lowest BCUT2D eigenvalue weighted by Crippen LogP contribution is -2.25. The summed E-state index contributed by atoms with van der Waals surface area (Å²) in [6.45, 7) is 5.75. The summed E-state index contributed by atoms with van der Waals surface area (Å²) in [6, 6.07) is 0. The maximum Gasteiger partial charge on any atom is 0.242 e. The first kappa shape index (κ1) is 14.0. The van der Waals surface area contributed by atoms with Crippen LogP contribution < -0.4 is 16.2 Å². The van der Waals surface area contributed by atoms with Crippen LogP contribution in [0.25, 0.3) is 0 Å². The summed E-state index contributed by atoms with van der Waals surface area (Å²) in [5.41, 5.74) is 2.47. The van der Waals surface area contributed by atoms with Crippen LogP contribution in [0.5, 0.6) is 0 Å². The summed E-state index contributed by atoms with van der Waals surface area (Å²) in [6.07, 6.45) is 1.75. The van der Waals surface area contributed by atoms with E-state index in [4.69, 9.17) is 5.84 Å². The number of hydrazine groups is 1. The normalized spacial score (nSPS) is 10.5. The first-order chi connectivity index (χ1) is 9.26. The van der Waals surface area contributed by atoms with E-state index in [1.54, 1.807) is 17.5 Å². The van der Waals surface area contributed by atoms with E-state index >= 15 is 0 Å². The molecule has 7 nitrogen and oxygen atoms in total. The predicted octanol–water partition coefficient (Wildman–Crippen LogP) is 1.61. The van der Waals surface area contributed by atoms with Crippen LogP contribution in [0.3, 0.4) is 0 Å². The molecule has 0 unspecified atom stereocenters.